The lowest BCUT2D eigenvalue weighted by atomic mass is 9.69. The van der Waals surface area contributed by atoms with Gasteiger partial charge in [-0.05, 0) is 48.9 Å². The molecule has 1 aromatic heterocycles. The first-order valence-corrected chi connectivity index (χ1v) is 11.3. The number of rotatable bonds is 4. The third-order valence-electron chi connectivity index (χ3n) is 6.44. The van der Waals surface area contributed by atoms with Crippen LogP contribution in [0, 0.1) is 12.3 Å². The molecule has 0 radical (unpaired) electrons. The minimum atomic E-state index is -0.171. The van der Waals surface area contributed by atoms with Crippen LogP contribution < -0.4 is 10.1 Å². The zero-order valence-corrected chi connectivity index (χ0v) is 19.1. The number of hydrogen-bond donors (Lipinski definition) is 2. The zero-order valence-electron chi connectivity index (χ0n) is 19.1. The molecule has 0 amide bonds. The molecule has 0 saturated heterocycles. The van der Waals surface area contributed by atoms with E-state index in [1.165, 1.54) is 5.56 Å². The van der Waals surface area contributed by atoms with E-state index in [4.69, 9.17) is 4.74 Å². The Bertz CT molecular complexity index is 1200. The van der Waals surface area contributed by atoms with Crippen molar-refractivity contribution in [3.05, 3.63) is 76.5 Å². The van der Waals surface area contributed by atoms with Gasteiger partial charge in [0.1, 0.15) is 5.75 Å². The molecular formula is C27H29N3O2. The van der Waals surface area contributed by atoms with Gasteiger partial charge in [-0.3, -0.25) is 9.89 Å². The van der Waals surface area contributed by atoms with Crippen molar-refractivity contribution in [2.24, 2.45) is 5.41 Å². The molecule has 1 aliphatic heterocycles. The van der Waals surface area contributed by atoms with E-state index in [9.17, 15) is 4.79 Å². The number of ketones is 1. The lowest BCUT2D eigenvalue weighted by Gasteiger charge is -2.38. The van der Waals surface area contributed by atoms with Crippen LogP contribution in [-0.2, 0) is 4.79 Å². The Kier molecular flexibility index (Phi) is 4.92. The zero-order chi connectivity index (χ0) is 22.5. The van der Waals surface area contributed by atoms with E-state index < -0.39 is 0 Å². The van der Waals surface area contributed by atoms with Gasteiger partial charge >= 0.3 is 0 Å². The largest absolute Gasteiger partial charge is 0.494 e. The summed E-state index contributed by atoms with van der Waals surface area (Å²) in [6.07, 6.45) is 1.38. The Morgan fingerprint density at radius 3 is 2.47 bits per heavy atom. The number of fused-ring (bicyclic) bond motifs is 1. The van der Waals surface area contributed by atoms with Crippen molar-refractivity contribution in [1.29, 1.82) is 0 Å². The first-order chi connectivity index (χ1) is 15.4. The van der Waals surface area contributed by atoms with Crippen molar-refractivity contribution in [2.75, 3.05) is 11.9 Å². The van der Waals surface area contributed by atoms with Gasteiger partial charge in [-0.25, -0.2) is 0 Å². The standard InChI is InChI=1S/C27H29N3O2/c1-5-32-19-12-10-17(11-13-19)22-23-20(14-27(3,4)15-21(23)31)28-26-24(22)25(29-30-26)18-8-6-16(2)7-9-18/h6-13,22H,5,14-15H2,1-4H3,(H2,28,29,30). The van der Waals surface area contributed by atoms with Crippen LogP contribution in [0.1, 0.15) is 56.2 Å². The molecule has 1 atom stereocenters. The summed E-state index contributed by atoms with van der Waals surface area (Å²) in [5.41, 5.74) is 7.13. The quantitative estimate of drug-likeness (QED) is 0.537. The molecule has 2 aliphatic rings. The molecule has 1 unspecified atom stereocenters. The highest BCUT2D eigenvalue weighted by atomic mass is 16.5. The predicted octanol–water partition coefficient (Wildman–Crippen LogP) is 5.98. The van der Waals surface area contributed by atoms with Crippen molar-refractivity contribution in [3.8, 4) is 17.0 Å². The average Bonchev–Trinajstić information content (AvgIpc) is 3.16. The molecule has 0 fully saturated rings. The van der Waals surface area contributed by atoms with Crippen LogP contribution in [0.25, 0.3) is 11.3 Å². The number of nitrogens with zero attached hydrogens (tertiary/aromatic N) is 1. The number of aromatic nitrogens is 2. The molecule has 0 bridgehead atoms. The first kappa shape index (κ1) is 20.6. The van der Waals surface area contributed by atoms with E-state index in [1.54, 1.807) is 0 Å². The molecule has 5 nitrogen and oxygen atoms in total. The molecule has 32 heavy (non-hydrogen) atoms. The van der Waals surface area contributed by atoms with Crippen molar-refractivity contribution < 1.29 is 9.53 Å². The molecular weight excluding hydrogens is 398 g/mol. The van der Waals surface area contributed by atoms with Crippen LogP contribution in [0.2, 0.25) is 0 Å². The summed E-state index contributed by atoms with van der Waals surface area (Å²) in [6.45, 7) is 8.99. The predicted molar refractivity (Wildman–Crippen MR) is 127 cm³/mol. The van der Waals surface area contributed by atoms with Gasteiger partial charge in [0.05, 0.1) is 12.3 Å². The van der Waals surface area contributed by atoms with Crippen molar-refractivity contribution >= 4 is 11.6 Å². The van der Waals surface area contributed by atoms with Crippen LogP contribution in [0.4, 0.5) is 5.82 Å². The third kappa shape index (κ3) is 3.52. The molecule has 3 aromatic rings. The summed E-state index contributed by atoms with van der Waals surface area (Å²) >= 11 is 0. The fraction of sp³-hybridized carbons (Fsp3) is 0.333. The fourth-order valence-electron chi connectivity index (χ4n) is 4.99. The Balaban J connectivity index is 1.69. The summed E-state index contributed by atoms with van der Waals surface area (Å²) in [5, 5.41) is 11.4. The number of allylic oxidation sites excluding steroid dienone is 2. The van der Waals surface area contributed by atoms with Gasteiger partial charge in [0, 0.05) is 29.2 Å². The summed E-state index contributed by atoms with van der Waals surface area (Å²) < 4.78 is 5.65. The van der Waals surface area contributed by atoms with Crippen LogP contribution in [0.3, 0.4) is 0 Å². The first-order valence-electron chi connectivity index (χ1n) is 11.3. The van der Waals surface area contributed by atoms with Crippen molar-refractivity contribution in [3.63, 3.8) is 0 Å². The fourth-order valence-corrected chi connectivity index (χ4v) is 4.99. The molecule has 5 rings (SSSR count). The minimum absolute atomic E-state index is 0.0696. The number of carbonyl (C=O) groups excluding carboxylic acids is 1. The highest BCUT2D eigenvalue weighted by Gasteiger charge is 2.42. The smallest absolute Gasteiger partial charge is 0.162 e. The average molecular weight is 428 g/mol. The molecule has 164 valence electrons. The number of benzene rings is 2. The number of carbonyl (C=O) groups is 1. The highest BCUT2D eigenvalue weighted by molar-refractivity contribution is 6.02. The Labute approximate surface area is 188 Å². The molecule has 5 heteroatoms. The maximum absolute atomic E-state index is 13.5. The molecule has 0 spiro atoms. The van der Waals surface area contributed by atoms with Gasteiger partial charge in [0.25, 0.3) is 0 Å². The normalized spacial score (nSPS) is 19.2. The maximum atomic E-state index is 13.5. The number of ether oxygens (including phenoxy) is 1. The summed E-state index contributed by atoms with van der Waals surface area (Å²) in [6, 6.07) is 16.5. The third-order valence-corrected chi connectivity index (χ3v) is 6.44. The number of hydrogen-bond acceptors (Lipinski definition) is 4. The van der Waals surface area contributed by atoms with E-state index in [0.29, 0.717) is 13.0 Å². The van der Waals surface area contributed by atoms with Gasteiger partial charge in [0.2, 0.25) is 0 Å². The molecule has 2 N–H and O–H groups in total. The van der Waals surface area contributed by atoms with Gasteiger partial charge in [-0.2, -0.15) is 5.10 Å². The van der Waals surface area contributed by atoms with E-state index in [2.05, 4.69) is 72.7 Å². The van der Waals surface area contributed by atoms with Crippen LogP contribution in [-0.4, -0.2) is 22.6 Å². The number of H-pyrrole nitrogens is 1. The molecule has 1 aliphatic carbocycles. The number of aryl methyl sites for hydroxylation is 1. The second-order valence-corrected chi connectivity index (χ2v) is 9.62. The van der Waals surface area contributed by atoms with Gasteiger partial charge in [-0.15, -0.1) is 0 Å². The highest BCUT2D eigenvalue weighted by Crippen LogP contribution is 2.51. The maximum Gasteiger partial charge on any atom is 0.162 e. The van der Waals surface area contributed by atoms with Gasteiger partial charge in [0.15, 0.2) is 11.6 Å². The Morgan fingerprint density at radius 1 is 1.06 bits per heavy atom. The van der Waals surface area contributed by atoms with Gasteiger partial charge in [-0.1, -0.05) is 55.8 Å². The van der Waals surface area contributed by atoms with Gasteiger partial charge < -0.3 is 10.1 Å². The van der Waals surface area contributed by atoms with Crippen LogP contribution >= 0.6 is 0 Å². The van der Waals surface area contributed by atoms with E-state index in [1.807, 2.05) is 19.1 Å². The molecule has 2 aromatic carbocycles. The number of Topliss-reactive ketones (excluding diaryl/α,β-unsaturated/α-hetero) is 1. The Morgan fingerprint density at radius 2 is 1.78 bits per heavy atom. The van der Waals surface area contributed by atoms with Crippen molar-refractivity contribution in [1.82, 2.24) is 10.2 Å². The molecule has 0 saturated carbocycles. The number of anilines is 1. The second kappa shape index (κ2) is 7.66. The lowest BCUT2D eigenvalue weighted by Crippen LogP contribution is -2.33. The van der Waals surface area contributed by atoms with Crippen molar-refractivity contribution in [2.45, 2.75) is 46.5 Å². The monoisotopic (exact) mass is 427 g/mol. The SMILES string of the molecule is CCOc1ccc(C2C3=C(CC(C)(C)CC3=O)Nc3n[nH]c(-c4ccc(C)cc4)c32)cc1. The van der Waals surface area contributed by atoms with E-state index in [-0.39, 0.29) is 17.1 Å². The van der Waals surface area contributed by atoms with Crippen LogP contribution in [0.15, 0.2) is 59.8 Å². The molecule has 2 heterocycles. The topological polar surface area (TPSA) is 67.0 Å². The van der Waals surface area contributed by atoms with E-state index >= 15 is 0 Å². The number of aromatic amines is 1. The van der Waals surface area contributed by atoms with Crippen LogP contribution in [0.5, 0.6) is 5.75 Å². The minimum Gasteiger partial charge on any atom is -0.494 e. The van der Waals surface area contributed by atoms with E-state index in [0.717, 1.165) is 51.6 Å². The summed E-state index contributed by atoms with van der Waals surface area (Å²) in [7, 11) is 0. The second-order valence-electron chi connectivity index (χ2n) is 9.62. The summed E-state index contributed by atoms with van der Waals surface area (Å²) in [5.74, 6) is 1.69. The lowest BCUT2D eigenvalue weighted by molar-refractivity contribution is -0.118. The summed E-state index contributed by atoms with van der Waals surface area (Å²) in [4.78, 5) is 13.5. The number of nitrogens with one attached hydrogen (secondary N) is 2. The Hall–Kier alpha value is -3.34.